The first kappa shape index (κ1) is 12.3. The lowest BCUT2D eigenvalue weighted by atomic mass is 10.1. The summed E-state index contributed by atoms with van der Waals surface area (Å²) in [7, 11) is 0. The van der Waals surface area contributed by atoms with Crippen LogP contribution in [0.25, 0.3) is 11.0 Å². The summed E-state index contributed by atoms with van der Waals surface area (Å²) in [6.07, 6.45) is 2.30. The van der Waals surface area contributed by atoms with Crippen LogP contribution in [0.15, 0.2) is 27.8 Å². The Balaban J connectivity index is 2.44. The van der Waals surface area contributed by atoms with E-state index >= 15 is 0 Å². The number of Topliss-reactive ketones (excluding diaryl/α,β-unsaturated/α-hetero) is 1. The van der Waals surface area contributed by atoms with Gasteiger partial charge in [-0.2, -0.15) is 0 Å². The standard InChI is InChI=1S/C13H14N2O3/c1-2-3-4-11(16)8-5-6-9-10(7-8)15-13(18)12(17)14-9/h5-7H,2-4H2,1H3,(H,14,17)(H,15,18). The van der Waals surface area contributed by atoms with Gasteiger partial charge in [-0.3, -0.25) is 14.4 Å². The number of unbranched alkanes of at least 4 members (excludes halogenated alkanes) is 1. The molecular weight excluding hydrogens is 232 g/mol. The molecule has 0 bridgehead atoms. The molecule has 0 radical (unpaired) electrons. The molecule has 0 unspecified atom stereocenters. The number of ketones is 1. The van der Waals surface area contributed by atoms with Crippen molar-refractivity contribution >= 4 is 16.8 Å². The van der Waals surface area contributed by atoms with Gasteiger partial charge in [-0.15, -0.1) is 0 Å². The number of H-pyrrole nitrogens is 2. The van der Waals surface area contributed by atoms with Crippen molar-refractivity contribution in [2.24, 2.45) is 0 Å². The highest BCUT2D eigenvalue weighted by atomic mass is 16.2. The third-order valence-corrected chi connectivity index (χ3v) is 2.80. The molecule has 5 nitrogen and oxygen atoms in total. The lowest BCUT2D eigenvalue weighted by molar-refractivity contribution is 0.0980. The molecule has 1 aromatic heterocycles. The molecule has 0 aliphatic rings. The van der Waals surface area contributed by atoms with Crippen LogP contribution >= 0.6 is 0 Å². The average Bonchev–Trinajstić information content (AvgIpc) is 2.36. The summed E-state index contributed by atoms with van der Waals surface area (Å²) in [6.45, 7) is 2.02. The van der Waals surface area contributed by atoms with Crippen molar-refractivity contribution in [3.05, 3.63) is 44.5 Å². The Labute approximate surface area is 103 Å². The van der Waals surface area contributed by atoms with Crippen LogP contribution in [0.3, 0.4) is 0 Å². The summed E-state index contributed by atoms with van der Waals surface area (Å²) in [6, 6.07) is 4.89. The fourth-order valence-corrected chi connectivity index (χ4v) is 1.77. The van der Waals surface area contributed by atoms with Crippen molar-refractivity contribution in [1.82, 2.24) is 9.97 Å². The highest BCUT2D eigenvalue weighted by molar-refractivity contribution is 5.98. The first-order valence-electron chi connectivity index (χ1n) is 5.91. The van der Waals surface area contributed by atoms with Crippen molar-refractivity contribution in [2.45, 2.75) is 26.2 Å². The van der Waals surface area contributed by atoms with Gasteiger partial charge in [0.15, 0.2) is 5.78 Å². The number of hydrogen-bond donors (Lipinski definition) is 2. The van der Waals surface area contributed by atoms with E-state index in [1.54, 1.807) is 18.2 Å². The second kappa shape index (κ2) is 5.00. The Morgan fingerprint density at radius 2 is 1.78 bits per heavy atom. The molecule has 2 aromatic rings. The number of nitrogens with one attached hydrogen (secondary N) is 2. The Bertz CT molecular complexity index is 697. The zero-order chi connectivity index (χ0) is 13.1. The lowest BCUT2D eigenvalue weighted by Gasteiger charge is -2.02. The molecule has 1 heterocycles. The van der Waals surface area contributed by atoms with E-state index in [9.17, 15) is 14.4 Å². The van der Waals surface area contributed by atoms with E-state index in [1.807, 2.05) is 6.92 Å². The number of rotatable bonds is 4. The maximum absolute atomic E-state index is 11.8. The zero-order valence-corrected chi connectivity index (χ0v) is 10.1. The second-order valence-corrected chi connectivity index (χ2v) is 4.20. The van der Waals surface area contributed by atoms with Crippen LogP contribution < -0.4 is 11.1 Å². The number of fused-ring (bicyclic) bond motifs is 1. The first-order chi connectivity index (χ1) is 8.61. The summed E-state index contributed by atoms with van der Waals surface area (Å²) >= 11 is 0. The molecule has 0 saturated carbocycles. The van der Waals surface area contributed by atoms with Crippen molar-refractivity contribution in [1.29, 1.82) is 0 Å². The summed E-state index contributed by atoms with van der Waals surface area (Å²) in [5.41, 5.74) is 0.153. The topological polar surface area (TPSA) is 82.8 Å². The fourth-order valence-electron chi connectivity index (χ4n) is 1.77. The first-order valence-corrected chi connectivity index (χ1v) is 5.91. The average molecular weight is 246 g/mol. The van der Waals surface area contributed by atoms with Crippen LogP contribution in [-0.4, -0.2) is 15.8 Å². The quantitative estimate of drug-likeness (QED) is 0.634. The van der Waals surface area contributed by atoms with Crippen LogP contribution in [0.5, 0.6) is 0 Å². The normalized spacial score (nSPS) is 10.7. The van der Waals surface area contributed by atoms with Gasteiger partial charge in [0.1, 0.15) is 0 Å². The van der Waals surface area contributed by atoms with E-state index in [-0.39, 0.29) is 5.78 Å². The maximum atomic E-state index is 11.8. The van der Waals surface area contributed by atoms with Crippen LogP contribution in [0.1, 0.15) is 36.5 Å². The van der Waals surface area contributed by atoms with E-state index in [0.717, 1.165) is 12.8 Å². The molecule has 94 valence electrons. The van der Waals surface area contributed by atoms with Crippen LogP contribution in [0, 0.1) is 0 Å². The highest BCUT2D eigenvalue weighted by Crippen LogP contribution is 2.12. The molecule has 18 heavy (non-hydrogen) atoms. The minimum atomic E-state index is -0.708. The van der Waals surface area contributed by atoms with Gasteiger partial charge < -0.3 is 9.97 Å². The molecule has 1 aromatic carbocycles. The van der Waals surface area contributed by atoms with E-state index < -0.39 is 11.1 Å². The Hall–Kier alpha value is -2.17. The third-order valence-electron chi connectivity index (χ3n) is 2.80. The zero-order valence-electron chi connectivity index (χ0n) is 10.1. The van der Waals surface area contributed by atoms with Gasteiger partial charge >= 0.3 is 11.1 Å². The summed E-state index contributed by atoms with van der Waals surface area (Å²) < 4.78 is 0. The number of carbonyl (C=O) groups excluding carboxylic acids is 1. The molecule has 0 saturated heterocycles. The molecule has 5 heteroatoms. The number of benzene rings is 1. The molecular formula is C13H14N2O3. The SMILES string of the molecule is CCCCC(=O)c1ccc2[nH]c(=O)c(=O)[nH]c2c1. The predicted molar refractivity (Wildman–Crippen MR) is 69.0 cm³/mol. The van der Waals surface area contributed by atoms with Crippen LogP contribution in [-0.2, 0) is 0 Å². The molecule has 0 spiro atoms. The number of carbonyl (C=O) groups is 1. The van der Waals surface area contributed by atoms with Crippen LogP contribution in [0.2, 0.25) is 0 Å². The Morgan fingerprint density at radius 1 is 1.11 bits per heavy atom. The van der Waals surface area contributed by atoms with Gasteiger partial charge in [-0.05, 0) is 24.6 Å². The van der Waals surface area contributed by atoms with Gasteiger partial charge in [0, 0.05) is 12.0 Å². The molecule has 2 N–H and O–H groups in total. The number of aromatic amines is 2. The highest BCUT2D eigenvalue weighted by Gasteiger charge is 2.07. The minimum absolute atomic E-state index is 0.0470. The molecule has 0 fully saturated rings. The van der Waals surface area contributed by atoms with Gasteiger partial charge in [0.05, 0.1) is 11.0 Å². The Morgan fingerprint density at radius 3 is 2.44 bits per heavy atom. The van der Waals surface area contributed by atoms with Gasteiger partial charge in [-0.1, -0.05) is 13.3 Å². The van der Waals surface area contributed by atoms with Crippen molar-refractivity contribution in [3.63, 3.8) is 0 Å². The molecule has 0 amide bonds. The van der Waals surface area contributed by atoms with E-state index in [4.69, 9.17) is 0 Å². The third kappa shape index (κ3) is 2.40. The van der Waals surface area contributed by atoms with Crippen molar-refractivity contribution in [2.75, 3.05) is 0 Å². The van der Waals surface area contributed by atoms with Gasteiger partial charge in [0.25, 0.3) is 0 Å². The molecule has 0 atom stereocenters. The van der Waals surface area contributed by atoms with E-state index in [1.165, 1.54) is 0 Å². The number of aromatic nitrogens is 2. The Kier molecular flexibility index (Phi) is 3.41. The second-order valence-electron chi connectivity index (χ2n) is 4.20. The summed E-state index contributed by atoms with van der Waals surface area (Å²) in [5, 5.41) is 0. The monoisotopic (exact) mass is 246 g/mol. The largest absolute Gasteiger partial charge is 0.316 e. The summed E-state index contributed by atoms with van der Waals surface area (Å²) in [5.74, 6) is 0.0470. The smallest absolute Gasteiger partial charge is 0.314 e. The fraction of sp³-hybridized carbons (Fsp3) is 0.308. The van der Waals surface area contributed by atoms with Gasteiger partial charge in [0.2, 0.25) is 0 Å². The predicted octanol–water partition coefficient (Wildman–Crippen LogP) is 1.59. The molecule has 0 aliphatic heterocycles. The molecule has 2 rings (SSSR count). The van der Waals surface area contributed by atoms with E-state index in [2.05, 4.69) is 9.97 Å². The van der Waals surface area contributed by atoms with E-state index in [0.29, 0.717) is 23.0 Å². The van der Waals surface area contributed by atoms with Crippen molar-refractivity contribution < 1.29 is 4.79 Å². The minimum Gasteiger partial charge on any atom is -0.316 e. The number of hydrogen-bond acceptors (Lipinski definition) is 3. The van der Waals surface area contributed by atoms with Gasteiger partial charge in [-0.25, -0.2) is 0 Å². The van der Waals surface area contributed by atoms with Crippen molar-refractivity contribution in [3.8, 4) is 0 Å². The molecule has 0 aliphatic carbocycles. The van der Waals surface area contributed by atoms with Crippen LogP contribution in [0.4, 0.5) is 0 Å². The maximum Gasteiger partial charge on any atom is 0.314 e. The lowest BCUT2D eigenvalue weighted by Crippen LogP contribution is -2.28. The summed E-state index contributed by atoms with van der Waals surface area (Å²) in [4.78, 5) is 39.1.